The highest BCUT2D eigenvalue weighted by atomic mass is 16.3. The van der Waals surface area contributed by atoms with Crippen molar-refractivity contribution < 1.29 is 9.21 Å². The summed E-state index contributed by atoms with van der Waals surface area (Å²) >= 11 is 0. The zero-order valence-electron chi connectivity index (χ0n) is 12.6. The van der Waals surface area contributed by atoms with Crippen LogP contribution >= 0.6 is 0 Å². The molecule has 21 heavy (non-hydrogen) atoms. The Balaban J connectivity index is 1.86. The zero-order valence-corrected chi connectivity index (χ0v) is 12.6. The van der Waals surface area contributed by atoms with Crippen molar-refractivity contribution in [3.05, 3.63) is 59.5 Å². The van der Waals surface area contributed by atoms with Gasteiger partial charge in [0.25, 0.3) is 5.91 Å². The van der Waals surface area contributed by atoms with Crippen LogP contribution in [0, 0.1) is 0 Å². The van der Waals surface area contributed by atoms with Crippen molar-refractivity contribution in [2.24, 2.45) is 0 Å². The molecule has 1 heterocycles. The highest BCUT2D eigenvalue weighted by Crippen LogP contribution is 2.08. The van der Waals surface area contributed by atoms with E-state index in [1.54, 1.807) is 6.07 Å². The molecule has 0 saturated carbocycles. The summed E-state index contributed by atoms with van der Waals surface area (Å²) < 4.78 is 4.90. The molecule has 0 aliphatic heterocycles. The van der Waals surface area contributed by atoms with Crippen LogP contribution in [0.2, 0.25) is 0 Å². The van der Waals surface area contributed by atoms with Gasteiger partial charge in [0.05, 0.1) is 11.8 Å². The quantitative estimate of drug-likeness (QED) is 0.851. The molecule has 4 heteroatoms. The predicted octanol–water partition coefficient (Wildman–Crippen LogP) is 3.05. The average molecular weight is 286 g/mol. The second kappa shape index (κ2) is 7.64. The Morgan fingerprint density at radius 2 is 1.76 bits per heavy atom. The SMILES string of the molecule is CCN(CC)Cc1ccc(CNC(=O)c2ccoc2)cc1. The van der Waals surface area contributed by atoms with E-state index in [1.165, 1.54) is 18.1 Å². The molecule has 1 N–H and O–H groups in total. The number of nitrogens with one attached hydrogen (secondary N) is 1. The van der Waals surface area contributed by atoms with Gasteiger partial charge in [0.2, 0.25) is 0 Å². The van der Waals surface area contributed by atoms with Crippen molar-refractivity contribution in [1.29, 1.82) is 0 Å². The Hall–Kier alpha value is -2.07. The number of carbonyl (C=O) groups excluding carboxylic acids is 1. The second-order valence-electron chi connectivity index (χ2n) is 4.97. The first-order valence-electron chi connectivity index (χ1n) is 7.33. The molecule has 0 fully saturated rings. The topological polar surface area (TPSA) is 45.5 Å². The van der Waals surface area contributed by atoms with E-state index in [-0.39, 0.29) is 5.91 Å². The summed E-state index contributed by atoms with van der Waals surface area (Å²) in [6.45, 7) is 7.94. The van der Waals surface area contributed by atoms with E-state index in [9.17, 15) is 4.79 Å². The highest BCUT2D eigenvalue weighted by molar-refractivity contribution is 5.93. The fourth-order valence-corrected chi connectivity index (χ4v) is 2.15. The molecular weight excluding hydrogens is 264 g/mol. The lowest BCUT2D eigenvalue weighted by Gasteiger charge is -2.18. The number of rotatable bonds is 7. The van der Waals surface area contributed by atoms with Gasteiger partial charge in [-0.3, -0.25) is 9.69 Å². The van der Waals surface area contributed by atoms with Gasteiger partial charge in [0, 0.05) is 13.1 Å². The van der Waals surface area contributed by atoms with Crippen molar-refractivity contribution in [3.63, 3.8) is 0 Å². The maximum absolute atomic E-state index is 11.8. The Labute approximate surface area is 125 Å². The minimum Gasteiger partial charge on any atom is -0.472 e. The molecule has 0 spiro atoms. The Kier molecular flexibility index (Phi) is 5.58. The summed E-state index contributed by atoms with van der Waals surface area (Å²) in [5.74, 6) is -0.115. The Morgan fingerprint density at radius 1 is 1.10 bits per heavy atom. The lowest BCUT2D eigenvalue weighted by molar-refractivity contribution is 0.0950. The summed E-state index contributed by atoms with van der Waals surface area (Å²) in [5, 5.41) is 2.87. The molecule has 1 aromatic heterocycles. The van der Waals surface area contributed by atoms with E-state index < -0.39 is 0 Å². The number of hydrogen-bond acceptors (Lipinski definition) is 3. The van der Waals surface area contributed by atoms with Crippen LogP contribution in [-0.4, -0.2) is 23.9 Å². The van der Waals surface area contributed by atoms with Gasteiger partial charge in [0.1, 0.15) is 6.26 Å². The molecule has 1 amide bonds. The Bertz CT molecular complexity index is 543. The third kappa shape index (κ3) is 4.46. The zero-order chi connectivity index (χ0) is 15.1. The molecule has 112 valence electrons. The predicted molar refractivity (Wildman–Crippen MR) is 82.9 cm³/mol. The minimum atomic E-state index is -0.115. The molecule has 0 radical (unpaired) electrons. The van der Waals surface area contributed by atoms with E-state index >= 15 is 0 Å². The molecule has 0 bridgehead atoms. The first-order chi connectivity index (χ1) is 10.2. The average Bonchev–Trinajstić information content (AvgIpc) is 3.06. The number of nitrogens with zero attached hydrogens (tertiary/aromatic N) is 1. The van der Waals surface area contributed by atoms with Gasteiger partial charge < -0.3 is 9.73 Å². The van der Waals surface area contributed by atoms with Crippen molar-refractivity contribution >= 4 is 5.91 Å². The number of hydrogen-bond donors (Lipinski definition) is 1. The number of amides is 1. The van der Waals surface area contributed by atoms with Crippen LogP contribution < -0.4 is 5.32 Å². The maximum Gasteiger partial charge on any atom is 0.254 e. The molecule has 0 unspecified atom stereocenters. The summed E-state index contributed by atoms with van der Waals surface area (Å²) in [5.41, 5.74) is 2.94. The van der Waals surface area contributed by atoms with Crippen LogP contribution in [0.15, 0.2) is 47.3 Å². The fraction of sp³-hybridized carbons (Fsp3) is 0.353. The lowest BCUT2D eigenvalue weighted by atomic mass is 10.1. The molecule has 4 nitrogen and oxygen atoms in total. The molecule has 0 aliphatic rings. The summed E-state index contributed by atoms with van der Waals surface area (Å²) in [6, 6.07) is 10.0. The van der Waals surface area contributed by atoms with Gasteiger partial charge in [0.15, 0.2) is 0 Å². The smallest absolute Gasteiger partial charge is 0.254 e. The van der Waals surface area contributed by atoms with Gasteiger partial charge in [-0.05, 0) is 30.3 Å². The summed E-state index contributed by atoms with van der Waals surface area (Å²) in [7, 11) is 0. The molecule has 0 aliphatic carbocycles. The van der Waals surface area contributed by atoms with Gasteiger partial charge >= 0.3 is 0 Å². The van der Waals surface area contributed by atoms with Crippen LogP contribution in [0.25, 0.3) is 0 Å². The second-order valence-corrected chi connectivity index (χ2v) is 4.97. The monoisotopic (exact) mass is 286 g/mol. The van der Waals surface area contributed by atoms with Crippen LogP contribution in [-0.2, 0) is 13.1 Å². The van der Waals surface area contributed by atoms with Crippen LogP contribution in [0.1, 0.15) is 35.3 Å². The summed E-state index contributed by atoms with van der Waals surface area (Å²) in [6.07, 6.45) is 2.94. The van der Waals surface area contributed by atoms with E-state index in [4.69, 9.17) is 4.42 Å². The van der Waals surface area contributed by atoms with Gasteiger partial charge in [-0.1, -0.05) is 38.1 Å². The minimum absolute atomic E-state index is 0.115. The van der Waals surface area contributed by atoms with E-state index in [0.717, 1.165) is 25.2 Å². The molecular formula is C17H22N2O2. The fourth-order valence-electron chi connectivity index (χ4n) is 2.15. The van der Waals surface area contributed by atoms with Gasteiger partial charge in [-0.25, -0.2) is 0 Å². The van der Waals surface area contributed by atoms with E-state index in [0.29, 0.717) is 12.1 Å². The summed E-state index contributed by atoms with van der Waals surface area (Å²) in [4.78, 5) is 14.2. The number of furan rings is 1. The largest absolute Gasteiger partial charge is 0.472 e. The van der Waals surface area contributed by atoms with Crippen molar-refractivity contribution in [2.45, 2.75) is 26.9 Å². The first kappa shape index (κ1) is 15.3. The van der Waals surface area contributed by atoms with Crippen molar-refractivity contribution in [2.75, 3.05) is 13.1 Å². The lowest BCUT2D eigenvalue weighted by Crippen LogP contribution is -2.23. The van der Waals surface area contributed by atoms with Crippen LogP contribution in [0.5, 0.6) is 0 Å². The third-order valence-corrected chi connectivity index (χ3v) is 3.56. The molecule has 2 aromatic rings. The number of benzene rings is 1. The molecule has 0 saturated heterocycles. The van der Waals surface area contributed by atoms with Crippen molar-refractivity contribution in [1.82, 2.24) is 10.2 Å². The Morgan fingerprint density at radius 3 is 2.33 bits per heavy atom. The third-order valence-electron chi connectivity index (χ3n) is 3.56. The maximum atomic E-state index is 11.8. The first-order valence-corrected chi connectivity index (χ1v) is 7.33. The number of carbonyl (C=O) groups is 1. The van der Waals surface area contributed by atoms with Crippen molar-refractivity contribution in [3.8, 4) is 0 Å². The van der Waals surface area contributed by atoms with Crippen LogP contribution in [0.3, 0.4) is 0 Å². The van der Waals surface area contributed by atoms with E-state index in [1.807, 2.05) is 0 Å². The molecule has 1 aromatic carbocycles. The standard InChI is InChI=1S/C17H22N2O2/c1-3-19(4-2)12-15-7-5-14(6-8-15)11-18-17(20)16-9-10-21-13-16/h5-10,13H,3-4,11-12H2,1-2H3,(H,18,20). The highest BCUT2D eigenvalue weighted by Gasteiger charge is 2.06. The molecule has 0 atom stereocenters. The van der Waals surface area contributed by atoms with Crippen LogP contribution in [0.4, 0.5) is 0 Å². The molecule has 2 rings (SSSR count). The van der Waals surface area contributed by atoms with Gasteiger partial charge in [-0.15, -0.1) is 0 Å². The normalized spacial score (nSPS) is 10.8. The van der Waals surface area contributed by atoms with Gasteiger partial charge in [-0.2, -0.15) is 0 Å². The van der Waals surface area contributed by atoms with E-state index in [2.05, 4.69) is 48.3 Å².